The number of hydrogen-bond donors (Lipinski definition) is 1. The van der Waals surface area contributed by atoms with Crippen LogP contribution < -0.4 is 4.74 Å². The quantitative estimate of drug-likeness (QED) is 0.604. The second kappa shape index (κ2) is 7.09. The zero-order valence-electron chi connectivity index (χ0n) is 17.8. The Labute approximate surface area is 167 Å². The Morgan fingerprint density at radius 2 is 1.93 bits per heavy atom. The minimum Gasteiger partial charge on any atom is -0.504 e. The summed E-state index contributed by atoms with van der Waals surface area (Å²) in [6, 6.07) is 2.01. The number of phenols is 1. The van der Waals surface area contributed by atoms with Crippen molar-refractivity contribution in [2.24, 2.45) is 11.3 Å². The molecule has 0 bridgehead atoms. The van der Waals surface area contributed by atoms with Gasteiger partial charge in [-0.2, -0.15) is 0 Å². The highest BCUT2D eigenvalue weighted by atomic mass is 16.5. The lowest BCUT2D eigenvalue weighted by Crippen LogP contribution is -2.54. The van der Waals surface area contributed by atoms with E-state index in [-0.39, 0.29) is 34.7 Å². The van der Waals surface area contributed by atoms with E-state index in [1.54, 1.807) is 0 Å². The van der Waals surface area contributed by atoms with E-state index in [4.69, 9.17) is 9.47 Å². The molecule has 0 unspecified atom stereocenters. The second-order valence-electron chi connectivity index (χ2n) is 9.32. The first-order chi connectivity index (χ1) is 13.1. The lowest BCUT2D eigenvalue weighted by molar-refractivity contribution is -0.156. The highest BCUT2D eigenvalue weighted by Gasteiger charge is 2.59. The van der Waals surface area contributed by atoms with Gasteiger partial charge in [0.2, 0.25) is 0 Å². The highest BCUT2D eigenvalue weighted by molar-refractivity contribution is 5.87. The van der Waals surface area contributed by atoms with Crippen LogP contribution in [0.1, 0.15) is 82.9 Å². The smallest absolute Gasteiger partial charge is 0.316 e. The number of phenolic OH excluding ortho intramolecular Hbond substituents is 1. The van der Waals surface area contributed by atoms with Crippen molar-refractivity contribution in [3.8, 4) is 11.5 Å². The predicted molar refractivity (Wildman–Crippen MR) is 107 cm³/mol. The van der Waals surface area contributed by atoms with Gasteiger partial charge in [0, 0.05) is 18.1 Å². The molecular formula is C23H32O5. The molecule has 3 rings (SSSR count). The van der Waals surface area contributed by atoms with Crippen LogP contribution in [0.5, 0.6) is 11.5 Å². The molecule has 1 aromatic rings. The molecule has 2 aliphatic carbocycles. The topological polar surface area (TPSA) is 72.8 Å². The summed E-state index contributed by atoms with van der Waals surface area (Å²) < 4.78 is 10.7. The monoisotopic (exact) mass is 388 g/mol. The Kier molecular flexibility index (Phi) is 5.24. The van der Waals surface area contributed by atoms with E-state index in [1.807, 2.05) is 19.9 Å². The van der Waals surface area contributed by atoms with Crippen molar-refractivity contribution < 1.29 is 24.2 Å². The van der Waals surface area contributed by atoms with Gasteiger partial charge >= 0.3 is 11.9 Å². The lowest BCUT2D eigenvalue weighted by Gasteiger charge is -2.54. The second-order valence-corrected chi connectivity index (χ2v) is 9.32. The van der Waals surface area contributed by atoms with Gasteiger partial charge in [-0.25, -0.2) is 0 Å². The molecule has 28 heavy (non-hydrogen) atoms. The Morgan fingerprint density at radius 1 is 1.25 bits per heavy atom. The van der Waals surface area contributed by atoms with Gasteiger partial charge in [0.15, 0.2) is 11.5 Å². The Bertz CT molecular complexity index is 808. The van der Waals surface area contributed by atoms with Crippen molar-refractivity contribution in [3.05, 3.63) is 22.8 Å². The van der Waals surface area contributed by atoms with E-state index in [2.05, 4.69) is 13.8 Å². The summed E-state index contributed by atoms with van der Waals surface area (Å²) in [6.45, 7) is 9.73. The van der Waals surface area contributed by atoms with Crippen molar-refractivity contribution in [1.82, 2.24) is 0 Å². The van der Waals surface area contributed by atoms with E-state index in [0.29, 0.717) is 12.0 Å². The number of benzene rings is 1. The van der Waals surface area contributed by atoms with Crippen LogP contribution >= 0.6 is 0 Å². The minimum absolute atomic E-state index is 0.0467. The fourth-order valence-electron chi connectivity index (χ4n) is 5.71. The molecule has 1 fully saturated rings. The average Bonchev–Trinajstić information content (AvgIpc) is 2.61. The van der Waals surface area contributed by atoms with E-state index in [9.17, 15) is 14.7 Å². The zero-order chi connectivity index (χ0) is 20.9. The molecule has 0 heterocycles. The summed E-state index contributed by atoms with van der Waals surface area (Å²) in [5.74, 6) is -0.527. The summed E-state index contributed by atoms with van der Waals surface area (Å²) >= 11 is 0. The Morgan fingerprint density at radius 3 is 2.50 bits per heavy atom. The number of rotatable bonds is 3. The van der Waals surface area contributed by atoms with Crippen LogP contribution in [0.15, 0.2) is 6.07 Å². The molecule has 5 nitrogen and oxygen atoms in total. The van der Waals surface area contributed by atoms with Gasteiger partial charge in [-0.1, -0.05) is 40.2 Å². The van der Waals surface area contributed by atoms with Crippen LogP contribution in [-0.2, 0) is 26.2 Å². The number of aromatic hydroxyl groups is 1. The number of hydrogen-bond acceptors (Lipinski definition) is 5. The third-order valence-corrected chi connectivity index (χ3v) is 6.86. The minimum atomic E-state index is -0.904. The number of carbonyl (C=O) groups excluding carboxylic acids is 2. The number of esters is 2. The van der Waals surface area contributed by atoms with Crippen molar-refractivity contribution >= 4 is 11.9 Å². The maximum atomic E-state index is 13.2. The van der Waals surface area contributed by atoms with Crippen molar-refractivity contribution in [3.63, 3.8) is 0 Å². The normalized spacial score (nSPS) is 25.6. The lowest BCUT2D eigenvalue weighted by atomic mass is 9.49. The van der Waals surface area contributed by atoms with Crippen molar-refractivity contribution in [2.75, 3.05) is 7.11 Å². The molecule has 0 spiro atoms. The molecular weight excluding hydrogens is 356 g/mol. The molecule has 1 saturated carbocycles. The SMILES string of the molecule is COC(=O)[C@]12CCCC(C)(C)[C@H]1CCc1cc(C(C)C)c(OC(C)=O)c(O)c12. The third-order valence-electron chi connectivity index (χ3n) is 6.86. The van der Waals surface area contributed by atoms with Crippen LogP contribution in [0, 0.1) is 11.3 Å². The van der Waals surface area contributed by atoms with Crippen LogP contribution in [0.4, 0.5) is 0 Å². The number of aryl methyl sites for hydroxylation is 1. The molecule has 0 aliphatic heterocycles. The molecule has 1 aromatic carbocycles. The molecule has 1 N–H and O–H groups in total. The third kappa shape index (κ3) is 2.99. The number of carbonyl (C=O) groups is 2. The van der Waals surface area contributed by atoms with Gasteiger partial charge in [-0.3, -0.25) is 9.59 Å². The zero-order valence-corrected chi connectivity index (χ0v) is 17.8. The molecule has 2 atom stereocenters. The van der Waals surface area contributed by atoms with E-state index >= 15 is 0 Å². The molecule has 154 valence electrons. The van der Waals surface area contributed by atoms with Gasteiger partial charge in [0.25, 0.3) is 0 Å². The highest BCUT2D eigenvalue weighted by Crippen LogP contribution is 2.61. The Hall–Kier alpha value is -2.04. The van der Waals surface area contributed by atoms with Gasteiger partial charge in [0.1, 0.15) is 5.41 Å². The summed E-state index contributed by atoms with van der Waals surface area (Å²) in [4.78, 5) is 25.0. The fourth-order valence-corrected chi connectivity index (χ4v) is 5.71. The van der Waals surface area contributed by atoms with Gasteiger partial charge < -0.3 is 14.6 Å². The largest absolute Gasteiger partial charge is 0.504 e. The number of methoxy groups -OCH3 is 1. The van der Waals surface area contributed by atoms with E-state index in [0.717, 1.165) is 36.8 Å². The summed E-state index contributed by atoms with van der Waals surface area (Å²) in [5, 5.41) is 11.3. The molecule has 2 aliphatic rings. The van der Waals surface area contributed by atoms with Gasteiger partial charge in [-0.15, -0.1) is 0 Å². The van der Waals surface area contributed by atoms with Crippen LogP contribution in [0.2, 0.25) is 0 Å². The van der Waals surface area contributed by atoms with E-state index in [1.165, 1.54) is 14.0 Å². The first kappa shape index (κ1) is 20.7. The van der Waals surface area contributed by atoms with Crippen molar-refractivity contribution in [1.29, 1.82) is 0 Å². The summed E-state index contributed by atoms with van der Waals surface area (Å²) in [7, 11) is 1.41. The first-order valence-corrected chi connectivity index (χ1v) is 10.2. The number of fused-ring (bicyclic) bond motifs is 3. The molecule has 5 heteroatoms. The van der Waals surface area contributed by atoms with Crippen molar-refractivity contribution in [2.45, 2.75) is 78.1 Å². The van der Waals surface area contributed by atoms with Crippen LogP contribution in [0.25, 0.3) is 0 Å². The maximum absolute atomic E-state index is 13.2. The van der Waals surface area contributed by atoms with Gasteiger partial charge in [-0.05, 0) is 48.5 Å². The molecule has 0 radical (unpaired) electrons. The average molecular weight is 389 g/mol. The maximum Gasteiger partial charge on any atom is 0.316 e. The molecule has 0 saturated heterocycles. The first-order valence-electron chi connectivity index (χ1n) is 10.2. The summed E-state index contributed by atoms with van der Waals surface area (Å²) in [5.41, 5.74) is 1.42. The molecule has 0 amide bonds. The standard InChI is InChI=1S/C23H32O5/c1-13(2)16-12-15-8-9-17-22(4,5)10-7-11-23(17,21(26)27-6)18(15)19(25)20(16)28-14(3)24/h12-13,17,25H,7-11H2,1-6H3/t17-,23-/m1/s1. The van der Waals surface area contributed by atoms with E-state index < -0.39 is 11.4 Å². The number of ether oxygens (including phenoxy) is 2. The molecule has 0 aromatic heterocycles. The van der Waals surface area contributed by atoms with Crippen LogP contribution in [-0.4, -0.2) is 24.2 Å². The predicted octanol–water partition coefficient (Wildman–Crippen LogP) is 4.62. The van der Waals surface area contributed by atoms with Crippen LogP contribution in [0.3, 0.4) is 0 Å². The Balaban J connectivity index is 2.34. The van der Waals surface area contributed by atoms with Gasteiger partial charge in [0.05, 0.1) is 7.11 Å². The fraction of sp³-hybridized carbons (Fsp3) is 0.652. The summed E-state index contributed by atoms with van der Waals surface area (Å²) in [6.07, 6.45) is 4.21.